The number of rotatable bonds is 3. The highest BCUT2D eigenvalue weighted by molar-refractivity contribution is 6.35. The first-order valence-corrected chi connectivity index (χ1v) is 9.07. The number of Topliss-reactive ketones (excluding diaryl/α,β-unsaturated/α-hetero) is 1. The molecule has 0 unspecified atom stereocenters. The maximum atomic E-state index is 12.6. The molecule has 6 heteroatoms. The molecular weight excluding hydrogens is 399 g/mol. The van der Waals surface area contributed by atoms with E-state index in [1.54, 1.807) is 60.7 Å². The highest BCUT2D eigenvalue weighted by Gasteiger charge is 2.28. The minimum absolute atomic E-state index is 0.130. The number of fused-ring (bicyclic) bond motifs is 1. The van der Waals surface area contributed by atoms with Gasteiger partial charge in [0.25, 0.3) is 0 Å². The maximum absolute atomic E-state index is 12.6. The third kappa shape index (κ3) is 3.65. The second-order valence-electron chi connectivity index (χ2n) is 6.02. The number of carbonyl (C=O) groups is 2. The number of hydrogen-bond acceptors (Lipinski definition) is 4. The lowest BCUT2D eigenvalue weighted by Gasteiger charge is -2.05. The van der Waals surface area contributed by atoms with E-state index in [1.165, 1.54) is 6.07 Å². The first-order chi connectivity index (χ1) is 13.5. The number of ether oxygens (including phenoxy) is 2. The Hall–Kier alpha value is -3.08. The molecule has 0 fully saturated rings. The van der Waals surface area contributed by atoms with Crippen LogP contribution >= 0.6 is 23.2 Å². The van der Waals surface area contributed by atoms with Crippen LogP contribution in [0.4, 0.5) is 0 Å². The topological polar surface area (TPSA) is 52.6 Å². The second-order valence-corrected chi connectivity index (χ2v) is 6.86. The lowest BCUT2D eigenvalue weighted by molar-refractivity contribution is 0.0734. The highest BCUT2D eigenvalue weighted by atomic mass is 35.5. The molecule has 0 spiro atoms. The van der Waals surface area contributed by atoms with Crippen LogP contribution < -0.4 is 9.47 Å². The third-order valence-corrected chi connectivity index (χ3v) is 4.67. The molecule has 1 aliphatic heterocycles. The van der Waals surface area contributed by atoms with Crippen LogP contribution in [0.15, 0.2) is 72.5 Å². The quantitative estimate of drug-likeness (QED) is 0.309. The number of esters is 1. The number of carbonyl (C=O) groups excluding carboxylic acids is 2. The fourth-order valence-electron chi connectivity index (χ4n) is 2.73. The lowest BCUT2D eigenvalue weighted by Crippen LogP contribution is -2.08. The molecule has 0 saturated carbocycles. The summed E-state index contributed by atoms with van der Waals surface area (Å²) in [5.41, 5.74) is 1.42. The van der Waals surface area contributed by atoms with Crippen LogP contribution in [0.2, 0.25) is 10.0 Å². The van der Waals surface area contributed by atoms with Crippen molar-refractivity contribution in [1.82, 2.24) is 0 Å². The summed E-state index contributed by atoms with van der Waals surface area (Å²) in [7, 11) is 0. The molecule has 0 bridgehead atoms. The van der Waals surface area contributed by atoms with E-state index in [-0.39, 0.29) is 17.3 Å². The predicted octanol–water partition coefficient (Wildman–Crippen LogP) is 5.83. The zero-order chi connectivity index (χ0) is 19.7. The predicted molar refractivity (Wildman–Crippen MR) is 107 cm³/mol. The van der Waals surface area contributed by atoms with Gasteiger partial charge in [-0.25, -0.2) is 4.79 Å². The van der Waals surface area contributed by atoms with Crippen LogP contribution in [0.5, 0.6) is 11.5 Å². The number of allylic oxidation sites excluding steroid dienone is 1. The Kier molecular flexibility index (Phi) is 4.90. The summed E-state index contributed by atoms with van der Waals surface area (Å²) in [6.07, 6.45) is 1.55. The van der Waals surface area contributed by atoms with Gasteiger partial charge in [0.2, 0.25) is 5.78 Å². The third-order valence-electron chi connectivity index (χ3n) is 4.11. The van der Waals surface area contributed by atoms with Crippen molar-refractivity contribution in [3.8, 4) is 11.5 Å². The standard InChI is InChI=1S/C22H12Cl2O4/c23-15-7-6-14(18(24)11-15)10-20-21(25)17-9-8-16(12-19(17)28-20)27-22(26)13-4-2-1-3-5-13/h1-12H/b20-10-. The minimum Gasteiger partial charge on any atom is -0.452 e. The van der Waals surface area contributed by atoms with E-state index in [0.29, 0.717) is 32.5 Å². The van der Waals surface area contributed by atoms with Crippen LogP contribution in [-0.2, 0) is 0 Å². The van der Waals surface area contributed by atoms with Gasteiger partial charge in [0, 0.05) is 16.1 Å². The van der Waals surface area contributed by atoms with Gasteiger partial charge in [-0.3, -0.25) is 4.79 Å². The summed E-state index contributed by atoms with van der Waals surface area (Å²) in [4.78, 5) is 24.7. The van der Waals surface area contributed by atoms with Crippen molar-refractivity contribution in [3.05, 3.63) is 99.2 Å². The molecule has 0 amide bonds. The first-order valence-electron chi connectivity index (χ1n) is 8.32. The summed E-state index contributed by atoms with van der Waals surface area (Å²) < 4.78 is 11.0. The molecule has 1 aliphatic rings. The Balaban J connectivity index is 1.57. The van der Waals surface area contributed by atoms with E-state index < -0.39 is 5.97 Å². The van der Waals surface area contributed by atoms with Crippen LogP contribution in [0.25, 0.3) is 6.08 Å². The molecule has 3 aromatic rings. The molecule has 0 radical (unpaired) electrons. The summed E-state index contributed by atoms with van der Waals surface area (Å²) in [5.74, 6) is -0.0350. The molecule has 1 heterocycles. The number of halogens is 2. The average molecular weight is 411 g/mol. The van der Waals surface area contributed by atoms with Gasteiger partial charge < -0.3 is 9.47 Å². The van der Waals surface area contributed by atoms with E-state index in [1.807, 2.05) is 6.07 Å². The van der Waals surface area contributed by atoms with E-state index in [9.17, 15) is 9.59 Å². The fourth-order valence-corrected chi connectivity index (χ4v) is 3.19. The van der Waals surface area contributed by atoms with Crippen molar-refractivity contribution in [2.75, 3.05) is 0 Å². The first kappa shape index (κ1) is 18.3. The minimum atomic E-state index is -0.492. The van der Waals surface area contributed by atoms with Crippen molar-refractivity contribution in [2.45, 2.75) is 0 Å². The zero-order valence-electron chi connectivity index (χ0n) is 14.3. The van der Waals surface area contributed by atoms with Gasteiger partial charge in [0.1, 0.15) is 11.5 Å². The molecule has 0 saturated heterocycles. The van der Waals surface area contributed by atoms with Crippen molar-refractivity contribution in [1.29, 1.82) is 0 Å². The molecule has 4 rings (SSSR count). The van der Waals surface area contributed by atoms with Crippen LogP contribution in [0.3, 0.4) is 0 Å². The average Bonchev–Trinajstić information content (AvgIpc) is 2.99. The van der Waals surface area contributed by atoms with Crippen LogP contribution in [-0.4, -0.2) is 11.8 Å². The molecule has 0 atom stereocenters. The van der Waals surface area contributed by atoms with Crippen molar-refractivity contribution in [3.63, 3.8) is 0 Å². The molecule has 0 aliphatic carbocycles. The summed E-state index contributed by atoms with van der Waals surface area (Å²) in [6, 6.07) is 18.2. The van der Waals surface area contributed by atoms with E-state index >= 15 is 0 Å². The van der Waals surface area contributed by atoms with Crippen molar-refractivity contribution in [2.24, 2.45) is 0 Å². The number of benzene rings is 3. The highest BCUT2D eigenvalue weighted by Crippen LogP contribution is 2.36. The zero-order valence-corrected chi connectivity index (χ0v) is 15.8. The van der Waals surface area contributed by atoms with Crippen LogP contribution in [0.1, 0.15) is 26.3 Å². The fraction of sp³-hybridized carbons (Fsp3) is 0. The second kappa shape index (κ2) is 7.50. The number of hydrogen-bond donors (Lipinski definition) is 0. The number of ketones is 1. The molecule has 4 nitrogen and oxygen atoms in total. The monoisotopic (exact) mass is 410 g/mol. The Morgan fingerprint density at radius 2 is 1.75 bits per heavy atom. The molecule has 138 valence electrons. The van der Waals surface area contributed by atoms with Gasteiger partial charge in [-0.15, -0.1) is 0 Å². The molecular formula is C22H12Cl2O4. The van der Waals surface area contributed by atoms with Crippen LogP contribution in [0, 0.1) is 0 Å². The van der Waals surface area contributed by atoms with Gasteiger partial charge in [-0.2, -0.15) is 0 Å². The largest absolute Gasteiger partial charge is 0.452 e. The Morgan fingerprint density at radius 1 is 0.964 bits per heavy atom. The maximum Gasteiger partial charge on any atom is 0.343 e. The smallest absolute Gasteiger partial charge is 0.343 e. The lowest BCUT2D eigenvalue weighted by atomic mass is 10.1. The van der Waals surface area contributed by atoms with Gasteiger partial charge in [-0.1, -0.05) is 47.5 Å². The molecule has 28 heavy (non-hydrogen) atoms. The molecule has 3 aromatic carbocycles. The summed E-state index contributed by atoms with van der Waals surface area (Å²) in [6.45, 7) is 0. The SMILES string of the molecule is O=C(Oc1ccc2c(c1)O/C(=C\c1ccc(Cl)cc1Cl)C2=O)c1ccccc1. The Bertz CT molecular complexity index is 1120. The van der Waals surface area contributed by atoms with Gasteiger partial charge in [0.05, 0.1) is 11.1 Å². The van der Waals surface area contributed by atoms with E-state index in [0.717, 1.165) is 0 Å². The Morgan fingerprint density at radius 3 is 2.50 bits per heavy atom. The van der Waals surface area contributed by atoms with Gasteiger partial charge in [0.15, 0.2) is 5.76 Å². The van der Waals surface area contributed by atoms with E-state index in [4.69, 9.17) is 32.7 Å². The van der Waals surface area contributed by atoms with Gasteiger partial charge >= 0.3 is 5.97 Å². The molecule has 0 N–H and O–H groups in total. The van der Waals surface area contributed by atoms with Crippen molar-refractivity contribution < 1.29 is 19.1 Å². The van der Waals surface area contributed by atoms with Gasteiger partial charge in [-0.05, 0) is 48.0 Å². The van der Waals surface area contributed by atoms with E-state index in [2.05, 4.69) is 0 Å². The van der Waals surface area contributed by atoms with Crippen molar-refractivity contribution >= 4 is 41.0 Å². The normalized spacial score (nSPS) is 13.9. The molecule has 0 aromatic heterocycles. The Labute approximate surface area is 170 Å². The summed E-state index contributed by atoms with van der Waals surface area (Å²) >= 11 is 12.0. The summed E-state index contributed by atoms with van der Waals surface area (Å²) in [5, 5.41) is 0.906.